The van der Waals surface area contributed by atoms with E-state index in [0.29, 0.717) is 11.3 Å². The maximum absolute atomic E-state index is 12.1. The number of nitrogens with one attached hydrogen (secondary N) is 1. The van der Waals surface area contributed by atoms with Crippen molar-refractivity contribution >= 4 is 5.91 Å². The smallest absolute Gasteiger partial charge is 0.272 e. The first kappa shape index (κ1) is 11.6. The Morgan fingerprint density at radius 1 is 1.65 bits per heavy atom. The third kappa shape index (κ3) is 2.43. The van der Waals surface area contributed by atoms with E-state index in [1.165, 1.54) is 6.20 Å². The molecule has 5 nitrogen and oxygen atoms in total. The molecule has 0 bridgehead atoms. The molecule has 1 aromatic heterocycles. The number of likely N-dealkylation sites (N-methyl/N-ethyl adjacent to an activating group) is 1. The van der Waals surface area contributed by atoms with E-state index in [0.717, 1.165) is 19.5 Å². The van der Waals surface area contributed by atoms with Crippen molar-refractivity contribution < 1.29 is 4.79 Å². The highest BCUT2D eigenvalue weighted by atomic mass is 16.2. The first-order valence-electron chi connectivity index (χ1n) is 5.56. The van der Waals surface area contributed by atoms with Crippen LogP contribution < -0.4 is 5.32 Å². The second-order valence-corrected chi connectivity index (χ2v) is 4.11. The SMILES string of the molecule is CN(C(=O)c1ccc(C#N)cn1)C1CCNC1. The Labute approximate surface area is 100 Å². The number of carbonyl (C=O) groups is 1. The van der Waals surface area contributed by atoms with Gasteiger partial charge in [0.1, 0.15) is 11.8 Å². The molecule has 0 aromatic carbocycles. The van der Waals surface area contributed by atoms with Gasteiger partial charge >= 0.3 is 0 Å². The highest BCUT2D eigenvalue weighted by Crippen LogP contribution is 2.10. The second kappa shape index (κ2) is 4.93. The first-order valence-corrected chi connectivity index (χ1v) is 5.56. The molecule has 1 atom stereocenters. The van der Waals surface area contributed by atoms with E-state index in [2.05, 4.69) is 10.3 Å². The Bertz CT molecular complexity index is 443. The molecule has 1 unspecified atom stereocenters. The van der Waals surface area contributed by atoms with Crippen LogP contribution in [0.15, 0.2) is 18.3 Å². The Morgan fingerprint density at radius 2 is 2.47 bits per heavy atom. The molecule has 1 aromatic rings. The summed E-state index contributed by atoms with van der Waals surface area (Å²) >= 11 is 0. The van der Waals surface area contributed by atoms with Gasteiger partial charge in [0.25, 0.3) is 5.91 Å². The summed E-state index contributed by atoms with van der Waals surface area (Å²) in [6.07, 6.45) is 2.40. The number of pyridine rings is 1. The minimum atomic E-state index is -0.0943. The number of carbonyl (C=O) groups excluding carboxylic acids is 1. The van der Waals surface area contributed by atoms with Crippen molar-refractivity contribution in [3.63, 3.8) is 0 Å². The van der Waals surface area contributed by atoms with Crippen molar-refractivity contribution in [3.8, 4) is 6.07 Å². The zero-order valence-corrected chi connectivity index (χ0v) is 9.68. The van der Waals surface area contributed by atoms with Crippen molar-refractivity contribution in [1.82, 2.24) is 15.2 Å². The van der Waals surface area contributed by atoms with E-state index in [-0.39, 0.29) is 11.9 Å². The summed E-state index contributed by atoms with van der Waals surface area (Å²) in [6, 6.07) is 5.43. The molecule has 1 aliphatic rings. The van der Waals surface area contributed by atoms with Gasteiger partial charge in [-0.15, -0.1) is 0 Å². The van der Waals surface area contributed by atoms with Crippen LogP contribution >= 0.6 is 0 Å². The molecule has 0 aliphatic carbocycles. The van der Waals surface area contributed by atoms with Gasteiger partial charge in [-0.1, -0.05) is 0 Å². The van der Waals surface area contributed by atoms with Crippen LogP contribution in [0.4, 0.5) is 0 Å². The Hall–Kier alpha value is -1.93. The summed E-state index contributed by atoms with van der Waals surface area (Å²) in [5.74, 6) is -0.0943. The number of aromatic nitrogens is 1. The minimum Gasteiger partial charge on any atom is -0.336 e. The predicted molar refractivity (Wildman–Crippen MR) is 62.3 cm³/mol. The topological polar surface area (TPSA) is 69.0 Å². The number of nitriles is 1. The van der Waals surface area contributed by atoms with Crippen LogP contribution in [0.5, 0.6) is 0 Å². The lowest BCUT2D eigenvalue weighted by Crippen LogP contribution is -2.38. The number of rotatable bonds is 2. The van der Waals surface area contributed by atoms with Crippen LogP contribution in [0.2, 0.25) is 0 Å². The molecule has 0 saturated carbocycles. The summed E-state index contributed by atoms with van der Waals surface area (Å²) in [5.41, 5.74) is 0.852. The van der Waals surface area contributed by atoms with Gasteiger partial charge in [0.05, 0.1) is 5.56 Å². The molecule has 2 rings (SSSR count). The van der Waals surface area contributed by atoms with Crippen LogP contribution in [-0.2, 0) is 0 Å². The van der Waals surface area contributed by atoms with Crippen LogP contribution in [-0.4, -0.2) is 42.0 Å². The van der Waals surface area contributed by atoms with Crippen molar-refractivity contribution in [3.05, 3.63) is 29.6 Å². The van der Waals surface area contributed by atoms with Gasteiger partial charge < -0.3 is 10.2 Å². The van der Waals surface area contributed by atoms with Crippen LogP contribution in [0, 0.1) is 11.3 Å². The van der Waals surface area contributed by atoms with E-state index in [9.17, 15) is 4.79 Å². The second-order valence-electron chi connectivity index (χ2n) is 4.11. The van der Waals surface area contributed by atoms with Gasteiger partial charge in [-0.2, -0.15) is 5.26 Å². The molecular weight excluding hydrogens is 216 g/mol. The van der Waals surface area contributed by atoms with E-state index in [4.69, 9.17) is 5.26 Å². The van der Waals surface area contributed by atoms with Crippen molar-refractivity contribution in [2.75, 3.05) is 20.1 Å². The molecule has 0 radical (unpaired) electrons. The quantitative estimate of drug-likeness (QED) is 0.797. The Balaban J connectivity index is 2.10. The van der Waals surface area contributed by atoms with Crippen molar-refractivity contribution in [2.45, 2.75) is 12.5 Å². The Morgan fingerprint density at radius 3 is 3.00 bits per heavy atom. The molecule has 0 spiro atoms. The summed E-state index contributed by atoms with van der Waals surface area (Å²) in [4.78, 5) is 17.8. The largest absolute Gasteiger partial charge is 0.336 e. The zero-order chi connectivity index (χ0) is 12.3. The lowest BCUT2D eigenvalue weighted by atomic mass is 10.2. The number of nitrogens with zero attached hydrogens (tertiary/aromatic N) is 3. The highest BCUT2D eigenvalue weighted by molar-refractivity contribution is 5.92. The maximum atomic E-state index is 12.1. The minimum absolute atomic E-state index is 0.0943. The molecule has 1 fully saturated rings. The summed E-state index contributed by atoms with van der Waals surface area (Å²) in [5, 5.41) is 11.9. The summed E-state index contributed by atoms with van der Waals surface area (Å²) in [7, 11) is 1.79. The highest BCUT2D eigenvalue weighted by Gasteiger charge is 2.24. The van der Waals surface area contributed by atoms with Crippen LogP contribution in [0.3, 0.4) is 0 Å². The fourth-order valence-corrected chi connectivity index (χ4v) is 1.90. The van der Waals surface area contributed by atoms with Crippen molar-refractivity contribution in [1.29, 1.82) is 5.26 Å². The van der Waals surface area contributed by atoms with E-state index in [1.807, 2.05) is 6.07 Å². The molecular formula is C12H14N4O. The fourth-order valence-electron chi connectivity index (χ4n) is 1.90. The molecule has 1 amide bonds. The average Bonchev–Trinajstić information content (AvgIpc) is 2.91. The molecule has 88 valence electrons. The first-order chi connectivity index (χ1) is 8.22. The van der Waals surface area contributed by atoms with Gasteiger partial charge in [0, 0.05) is 25.8 Å². The standard InChI is InChI=1S/C12H14N4O/c1-16(10-4-5-14-8-10)12(17)11-3-2-9(6-13)7-15-11/h2-3,7,10,14H,4-5,8H2,1H3. The lowest BCUT2D eigenvalue weighted by molar-refractivity contribution is 0.0738. The summed E-state index contributed by atoms with van der Waals surface area (Å²) in [6.45, 7) is 1.78. The van der Waals surface area contributed by atoms with Crippen LogP contribution in [0.1, 0.15) is 22.5 Å². The lowest BCUT2D eigenvalue weighted by Gasteiger charge is -2.23. The third-order valence-electron chi connectivity index (χ3n) is 3.01. The molecule has 2 heterocycles. The molecule has 17 heavy (non-hydrogen) atoms. The number of hydrogen-bond acceptors (Lipinski definition) is 4. The number of amides is 1. The van der Waals surface area contributed by atoms with Gasteiger partial charge in [0.15, 0.2) is 0 Å². The predicted octanol–water partition coefficient (Wildman–Crippen LogP) is 0.387. The fraction of sp³-hybridized carbons (Fsp3) is 0.417. The average molecular weight is 230 g/mol. The molecule has 1 N–H and O–H groups in total. The maximum Gasteiger partial charge on any atom is 0.272 e. The Kier molecular flexibility index (Phi) is 3.35. The molecule has 5 heteroatoms. The summed E-state index contributed by atoms with van der Waals surface area (Å²) < 4.78 is 0. The normalized spacial score (nSPS) is 18.7. The van der Waals surface area contributed by atoms with Gasteiger partial charge in [0.2, 0.25) is 0 Å². The monoisotopic (exact) mass is 230 g/mol. The van der Waals surface area contributed by atoms with E-state index < -0.39 is 0 Å². The zero-order valence-electron chi connectivity index (χ0n) is 9.68. The van der Waals surface area contributed by atoms with Gasteiger partial charge in [-0.25, -0.2) is 4.98 Å². The molecule has 1 saturated heterocycles. The van der Waals surface area contributed by atoms with E-state index in [1.54, 1.807) is 24.1 Å². The third-order valence-corrected chi connectivity index (χ3v) is 3.01. The number of hydrogen-bond donors (Lipinski definition) is 1. The molecule has 1 aliphatic heterocycles. The van der Waals surface area contributed by atoms with Gasteiger partial charge in [-0.05, 0) is 25.1 Å². The van der Waals surface area contributed by atoms with Gasteiger partial charge in [-0.3, -0.25) is 4.79 Å². The van der Waals surface area contributed by atoms with Crippen LogP contribution in [0.25, 0.3) is 0 Å². The van der Waals surface area contributed by atoms with Crippen molar-refractivity contribution in [2.24, 2.45) is 0 Å². The van der Waals surface area contributed by atoms with E-state index >= 15 is 0 Å².